The molecule has 0 fully saturated rings. The summed E-state index contributed by atoms with van der Waals surface area (Å²) in [4.78, 5) is 0. The third-order valence-electron chi connectivity index (χ3n) is 5.59. The monoisotopic (exact) mass is 378 g/mol. The fourth-order valence-corrected chi connectivity index (χ4v) is 3.47. The molecule has 0 aliphatic heterocycles. The van der Waals surface area contributed by atoms with Crippen LogP contribution in [0.4, 0.5) is 0 Å². The van der Waals surface area contributed by atoms with E-state index in [1.807, 2.05) is 6.08 Å². The lowest BCUT2D eigenvalue weighted by Crippen LogP contribution is -2.40. The molecule has 0 bridgehead atoms. The summed E-state index contributed by atoms with van der Waals surface area (Å²) in [6.07, 6.45) is 20.8. The molecule has 0 unspecified atom stereocenters. The van der Waals surface area contributed by atoms with Gasteiger partial charge in [0.2, 0.25) is 0 Å². The number of rotatable bonds is 14. The molecule has 26 heavy (non-hydrogen) atoms. The maximum Gasteiger partial charge on any atom is 0.193 e. The average Bonchev–Trinajstić information content (AvgIpc) is 2.56. The summed E-state index contributed by atoms with van der Waals surface area (Å²) in [6, 6.07) is 0. The molecule has 2 heteroatoms. The summed E-state index contributed by atoms with van der Waals surface area (Å²) in [5.74, 6) is 6.25. The SMILES string of the molecule is CCCCCCCCCCCCC/C=C/C#CCO[Si](C)(C)C(C)(C)C. The lowest BCUT2D eigenvalue weighted by atomic mass is 10.1. The van der Waals surface area contributed by atoms with Gasteiger partial charge in [-0.3, -0.25) is 0 Å². The van der Waals surface area contributed by atoms with Crippen LogP contribution in [0.5, 0.6) is 0 Å². The molecule has 0 spiro atoms. The zero-order valence-electron chi connectivity index (χ0n) is 18.8. The Kier molecular flexibility index (Phi) is 15.2. The Labute approximate surface area is 166 Å². The lowest BCUT2D eigenvalue weighted by molar-refractivity contribution is 0.334. The van der Waals surface area contributed by atoms with E-state index in [9.17, 15) is 0 Å². The first-order valence-corrected chi connectivity index (χ1v) is 14.0. The molecule has 0 heterocycles. The van der Waals surface area contributed by atoms with Gasteiger partial charge in [0, 0.05) is 0 Å². The van der Waals surface area contributed by atoms with Crippen molar-refractivity contribution in [1.82, 2.24) is 0 Å². The maximum absolute atomic E-state index is 6.04. The van der Waals surface area contributed by atoms with E-state index in [1.165, 1.54) is 70.6 Å². The topological polar surface area (TPSA) is 9.23 Å². The normalized spacial score (nSPS) is 12.4. The number of unbranched alkanes of at least 4 members (excludes halogenated alkanes) is 11. The largest absolute Gasteiger partial charge is 0.406 e. The van der Waals surface area contributed by atoms with Crippen LogP contribution in [0.25, 0.3) is 0 Å². The zero-order valence-corrected chi connectivity index (χ0v) is 19.8. The van der Waals surface area contributed by atoms with Gasteiger partial charge in [0.15, 0.2) is 8.32 Å². The van der Waals surface area contributed by atoms with Crippen molar-refractivity contribution in [2.24, 2.45) is 0 Å². The van der Waals surface area contributed by atoms with Crippen molar-refractivity contribution in [3.8, 4) is 11.8 Å². The van der Waals surface area contributed by atoms with Gasteiger partial charge in [0.05, 0.1) is 6.61 Å². The Bertz CT molecular complexity index is 406. The molecule has 0 N–H and O–H groups in total. The number of allylic oxidation sites excluding steroid dienone is 2. The highest BCUT2D eigenvalue weighted by molar-refractivity contribution is 6.74. The molecular weight excluding hydrogens is 332 g/mol. The van der Waals surface area contributed by atoms with Gasteiger partial charge in [-0.15, -0.1) is 0 Å². The zero-order chi connectivity index (χ0) is 19.7. The van der Waals surface area contributed by atoms with Gasteiger partial charge in [-0.05, 0) is 37.0 Å². The van der Waals surface area contributed by atoms with E-state index in [2.05, 4.69) is 58.7 Å². The number of hydrogen-bond donors (Lipinski definition) is 0. The fourth-order valence-electron chi connectivity index (χ4n) is 2.60. The van der Waals surface area contributed by atoms with Crippen molar-refractivity contribution in [1.29, 1.82) is 0 Å². The Morgan fingerprint density at radius 3 is 1.81 bits per heavy atom. The van der Waals surface area contributed by atoms with Gasteiger partial charge in [-0.1, -0.05) is 110 Å². The van der Waals surface area contributed by atoms with Crippen LogP contribution in [0.2, 0.25) is 18.1 Å². The third-order valence-corrected chi connectivity index (χ3v) is 10.1. The molecule has 0 aliphatic rings. The summed E-state index contributed by atoms with van der Waals surface area (Å²) in [5, 5.41) is 0.263. The summed E-state index contributed by atoms with van der Waals surface area (Å²) in [5.41, 5.74) is 0. The highest BCUT2D eigenvalue weighted by atomic mass is 28.4. The van der Waals surface area contributed by atoms with E-state index < -0.39 is 8.32 Å². The first-order valence-electron chi connectivity index (χ1n) is 11.1. The van der Waals surface area contributed by atoms with Crippen molar-refractivity contribution < 1.29 is 4.43 Å². The summed E-state index contributed by atoms with van der Waals surface area (Å²) in [6.45, 7) is 14.2. The van der Waals surface area contributed by atoms with Crippen LogP contribution in [0, 0.1) is 11.8 Å². The van der Waals surface area contributed by atoms with Crippen molar-refractivity contribution in [2.75, 3.05) is 6.61 Å². The molecule has 0 saturated carbocycles. The maximum atomic E-state index is 6.04. The smallest absolute Gasteiger partial charge is 0.193 e. The van der Waals surface area contributed by atoms with Crippen molar-refractivity contribution in [3.63, 3.8) is 0 Å². The molecule has 0 amide bonds. The Morgan fingerprint density at radius 2 is 1.31 bits per heavy atom. The molecule has 0 aromatic rings. The molecule has 0 rings (SSSR count). The molecule has 0 atom stereocenters. The summed E-state index contributed by atoms with van der Waals surface area (Å²) < 4.78 is 6.04. The van der Waals surface area contributed by atoms with Crippen LogP contribution in [-0.4, -0.2) is 14.9 Å². The van der Waals surface area contributed by atoms with E-state index in [1.54, 1.807) is 0 Å². The van der Waals surface area contributed by atoms with E-state index >= 15 is 0 Å². The van der Waals surface area contributed by atoms with E-state index in [0.717, 1.165) is 6.42 Å². The molecule has 1 nitrogen and oxygen atoms in total. The van der Waals surface area contributed by atoms with Crippen LogP contribution in [-0.2, 0) is 4.43 Å². The molecular formula is C24H46OSi. The highest BCUT2D eigenvalue weighted by Gasteiger charge is 2.36. The molecule has 0 radical (unpaired) electrons. The minimum atomic E-state index is -1.64. The summed E-state index contributed by atoms with van der Waals surface area (Å²) >= 11 is 0. The Morgan fingerprint density at radius 1 is 0.808 bits per heavy atom. The van der Waals surface area contributed by atoms with Gasteiger partial charge in [-0.25, -0.2) is 0 Å². The molecule has 0 aromatic heterocycles. The second kappa shape index (κ2) is 15.5. The standard InChI is InChI=1S/C24H46OSi/c1-7-8-9-10-11-12-13-14-15-16-17-18-19-20-21-22-23-25-26(5,6)24(2,3)4/h19-20H,7-18,23H2,1-6H3/b20-19+. The van der Waals surface area contributed by atoms with Gasteiger partial charge in [0.1, 0.15) is 0 Å². The van der Waals surface area contributed by atoms with Crippen molar-refractivity contribution in [2.45, 2.75) is 123 Å². The molecule has 0 saturated heterocycles. The quantitative estimate of drug-likeness (QED) is 0.168. The lowest BCUT2D eigenvalue weighted by Gasteiger charge is -2.35. The van der Waals surface area contributed by atoms with Crippen molar-refractivity contribution >= 4 is 8.32 Å². The first-order chi connectivity index (χ1) is 12.3. The van der Waals surface area contributed by atoms with Crippen LogP contribution in [0.15, 0.2) is 12.2 Å². The molecule has 0 aliphatic carbocycles. The Hall–Kier alpha value is -0.523. The van der Waals surface area contributed by atoms with Gasteiger partial charge in [0.25, 0.3) is 0 Å². The van der Waals surface area contributed by atoms with Crippen LogP contribution in [0.3, 0.4) is 0 Å². The fraction of sp³-hybridized carbons (Fsp3) is 0.833. The minimum Gasteiger partial charge on any atom is -0.406 e. The van der Waals surface area contributed by atoms with Crippen LogP contribution >= 0.6 is 0 Å². The second-order valence-corrected chi connectivity index (χ2v) is 13.9. The van der Waals surface area contributed by atoms with Gasteiger partial charge < -0.3 is 4.43 Å². The van der Waals surface area contributed by atoms with Crippen LogP contribution in [0.1, 0.15) is 105 Å². The van der Waals surface area contributed by atoms with E-state index in [0.29, 0.717) is 6.61 Å². The van der Waals surface area contributed by atoms with E-state index in [-0.39, 0.29) is 5.04 Å². The summed E-state index contributed by atoms with van der Waals surface area (Å²) in [7, 11) is -1.64. The third kappa shape index (κ3) is 14.6. The predicted octanol–water partition coefficient (Wildman–Crippen LogP) is 8.27. The molecule has 0 aromatic carbocycles. The first kappa shape index (κ1) is 25.5. The average molecular weight is 379 g/mol. The van der Waals surface area contributed by atoms with Crippen LogP contribution < -0.4 is 0 Å². The highest BCUT2D eigenvalue weighted by Crippen LogP contribution is 2.36. The number of hydrogen-bond acceptors (Lipinski definition) is 1. The van der Waals surface area contributed by atoms with Gasteiger partial charge in [-0.2, -0.15) is 0 Å². The molecule has 152 valence electrons. The van der Waals surface area contributed by atoms with Gasteiger partial charge >= 0.3 is 0 Å². The minimum absolute atomic E-state index is 0.263. The van der Waals surface area contributed by atoms with Crippen molar-refractivity contribution in [3.05, 3.63) is 12.2 Å². The second-order valence-electron chi connectivity index (χ2n) is 9.10. The predicted molar refractivity (Wildman–Crippen MR) is 121 cm³/mol. The Balaban J connectivity index is 3.47. The van der Waals surface area contributed by atoms with E-state index in [4.69, 9.17) is 4.43 Å².